The van der Waals surface area contributed by atoms with E-state index in [9.17, 15) is 4.79 Å². The molecular formula is C22H26N4O2. The summed E-state index contributed by atoms with van der Waals surface area (Å²) in [6, 6.07) is 9.20. The molecule has 1 amide bonds. The number of hydrogen-bond donors (Lipinski definition) is 1. The van der Waals surface area contributed by atoms with Gasteiger partial charge in [-0.25, -0.2) is 0 Å². The van der Waals surface area contributed by atoms with E-state index in [2.05, 4.69) is 45.2 Å². The Balaban J connectivity index is 1.27. The number of amides is 1. The number of ether oxygens (including phenoxy) is 1. The number of piperidine rings is 1. The SMILES string of the molecule is O=C(c1cn[nH]c1)N1CCC(Oc2cccc3c2ccn3C2CCCC2)CC1. The molecule has 1 saturated heterocycles. The minimum absolute atomic E-state index is 0.0444. The summed E-state index contributed by atoms with van der Waals surface area (Å²) in [5, 5.41) is 7.78. The average molecular weight is 378 g/mol. The molecule has 5 rings (SSSR count). The first kappa shape index (κ1) is 17.3. The van der Waals surface area contributed by atoms with E-state index in [1.165, 1.54) is 36.6 Å². The zero-order chi connectivity index (χ0) is 18.9. The fraction of sp³-hybridized carbons (Fsp3) is 0.455. The van der Waals surface area contributed by atoms with E-state index in [1.54, 1.807) is 12.4 Å². The summed E-state index contributed by atoms with van der Waals surface area (Å²) in [4.78, 5) is 14.3. The molecule has 1 N–H and O–H groups in total. The number of hydrogen-bond acceptors (Lipinski definition) is 3. The number of fused-ring (bicyclic) bond motifs is 1. The second-order valence-electron chi connectivity index (χ2n) is 7.95. The van der Waals surface area contributed by atoms with Crippen molar-refractivity contribution in [3.8, 4) is 5.75 Å². The van der Waals surface area contributed by atoms with E-state index in [-0.39, 0.29) is 12.0 Å². The summed E-state index contributed by atoms with van der Waals surface area (Å²) in [7, 11) is 0. The van der Waals surface area contributed by atoms with Gasteiger partial charge in [0.2, 0.25) is 0 Å². The highest BCUT2D eigenvalue weighted by molar-refractivity contribution is 5.93. The first-order valence-corrected chi connectivity index (χ1v) is 10.3. The molecular weight excluding hydrogens is 352 g/mol. The molecule has 1 aromatic carbocycles. The molecule has 146 valence electrons. The van der Waals surface area contributed by atoms with Gasteiger partial charge in [0.05, 0.1) is 17.3 Å². The van der Waals surface area contributed by atoms with E-state index in [1.807, 2.05) is 4.90 Å². The molecule has 6 heteroatoms. The van der Waals surface area contributed by atoms with E-state index < -0.39 is 0 Å². The molecule has 0 unspecified atom stereocenters. The lowest BCUT2D eigenvalue weighted by Crippen LogP contribution is -2.41. The smallest absolute Gasteiger partial charge is 0.257 e. The second kappa shape index (κ2) is 7.34. The van der Waals surface area contributed by atoms with Gasteiger partial charge < -0.3 is 14.2 Å². The summed E-state index contributed by atoms with van der Waals surface area (Å²) < 4.78 is 8.83. The van der Waals surface area contributed by atoms with Gasteiger partial charge in [0, 0.05) is 49.8 Å². The lowest BCUT2D eigenvalue weighted by molar-refractivity contribution is 0.0598. The number of carbonyl (C=O) groups excluding carboxylic acids is 1. The summed E-state index contributed by atoms with van der Waals surface area (Å²) in [6.07, 6.45) is 12.5. The van der Waals surface area contributed by atoms with E-state index in [0.29, 0.717) is 24.7 Å². The van der Waals surface area contributed by atoms with E-state index in [0.717, 1.165) is 18.6 Å². The molecule has 3 heterocycles. The van der Waals surface area contributed by atoms with E-state index >= 15 is 0 Å². The molecule has 1 aliphatic carbocycles. The highest BCUT2D eigenvalue weighted by Gasteiger charge is 2.26. The minimum atomic E-state index is 0.0444. The number of carbonyl (C=O) groups is 1. The van der Waals surface area contributed by atoms with Gasteiger partial charge in [-0.2, -0.15) is 5.10 Å². The first-order chi connectivity index (χ1) is 13.8. The van der Waals surface area contributed by atoms with Crippen LogP contribution >= 0.6 is 0 Å². The van der Waals surface area contributed by atoms with Crippen LogP contribution in [0.4, 0.5) is 0 Å². The van der Waals surface area contributed by atoms with Crippen LogP contribution < -0.4 is 4.74 Å². The Hall–Kier alpha value is -2.76. The van der Waals surface area contributed by atoms with Gasteiger partial charge in [0.15, 0.2) is 0 Å². The van der Waals surface area contributed by atoms with Crippen molar-refractivity contribution in [1.82, 2.24) is 19.7 Å². The third-order valence-electron chi connectivity index (χ3n) is 6.21. The van der Waals surface area contributed by atoms with Crippen LogP contribution in [0.5, 0.6) is 5.75 Å². The zero-order valence-electron chi connectivity index (χ0n) is 16.0. The molecule has 28 heavy (non-hydrogen) atoms. The highest BCUT2D eigenvalue weighted by Crippen LogP contribution is 2.36. The Morgan fingerprint density at radius 2 is 1.93 bits per heavy atom. The van der Waals surface area contributed by atoms with Crippen molar-refractivity contribution in [2.45, 2.75) is 50.7 Å². The predicted molar refractivity (Wildman–Crippen MR) is 108 cm³/mol. The van der Waals surface area contributed by atoms with Gasteiger partial charge in [-0.15, -0.1) is 0 Å². The molecule has 6 nitrogen and oxygen atoms in total. The van der Waals surface area contributed by atoms with Crippen LogP contribution in [0.15, 0.2) is 42.9 Å². The number of nitrogens with zero attached hydrogens (tertiary/aromatic N) is 3. The molecule has 0 radical (unpaired) electrons. The van der Waals surface area contributed by atoms with Crippen LogP contribution in [0.2, 0.25) is 0 Å². The molecule has 0 spiro atoms. The second-order valence-corrected chi connectivity index (χ2v) is 7.95. The third-order valence-corrected chi connectivity index (χ3v) is 6.21. The van der Waals surface area contributed by atoms with Gasteiger partial charge >= 0.3 is 0 Å². The van der Waals surface area contributed by atoms with Gasteiger partial charge in [-0.05, 0) is 31.0 Å². The summed E-state index contributed by atoms with van der Waals surface area (Å²) in [5.74, 6) is 1.01. The minimum Gasteiger partial charge on any atom is -0.490 e. The zero-order valence-corrected chi connectivity index (χ0v) is 16.0. The molecule has 0 atom stereocenters. The standard InChI is InChI=1S/C22H26N4O2/c27-22(16-14-23-24-15-16)25-11-8-18(9-12-25)28-21-7-3-6-20-19(21)10-13-26(20)17-4-1-2-5-17/h3,6-7,10,13-15,17-18H,1-2,4-5,8-9,11-12H2,(H,23,24). The third kappa shape index (κ3) is 3.17. The summed E-state index contributed by atoms with van der Waals surface area (Å²) >= 11 is 0. The van der Waals surface area contributed by atoms with Crippen molar-refractivity contribution in [3.05, 3.63) is 48.4 Å². The van der Waals surface area contributed by atoms with Crippen molar-refractivity contribution < 1.29 is 9.53 Å². The summed E-state index contributed by atoms with van der Waals surface area (Å²) in [6.45, 7) is 1.43. The van der Waals surface area contributed by atoms with Crippen LogP contribution in [0.3, 0.4) is 0 Å². The van der Waals surface area contributed by atoms with Crippen LogP contribution in [-0.2, 0) is 0 Å². The molecule has 2 aliphatic rings. The normalized spacial score (nSPS) is 18.8. The Labute approximate surface area is 164 Å². The maximum absolute atomic E-state index is 12.5. The maximum Gasteiger partial charge on any atom is 0.257 e. The molecule has 2 fully saturated rings. The van der Waals surface area contributed by atoms with Crippen molar-refractivity contribution >= 4 is 16.8 Å². The maximum atomic E-state index is 12.5. The predicted octanol–water partition coefficient (Wildman–Crippen LogP) is 4.16. The molecule has 1 saturated carbocycles. The molecule has 0 bridgehead atoms. The van der Waals surface area contributed by atoms with Gasteiger partial charge in [0.1, 0.15) is 11.9 Å². The number of aromatic nitrogens is 3. The fourth-order valence-electron chi connectivity index (χ4n) is 4.67. The lowest BCUT2D eigenvalue weighted by Gasteiger charge is -2.32. The number of likely N-dealkylation sites (tertiary alicyclic amines) is 1. The van der Waals surface area contributed by atoms with Crippen molar-refractivity contribution in [1.29, 1.82) is 0 Å². The quantitative estimate of drug-likeness (QED) is 0.741. The van der Waals surface area contributed by atoms with Gasteiger partial charge in [-0.3, -0.25) is 9.89 Å². The van der Waals surface area contributed by atoms with Crippen LogP contribution in [0.1, 0.15) is 54.9 Å². The van der Waals surface area contributed by atoms with Crippen LogP contribution in [-0.4, -0.2) is 44.8 Å². The Bertz CT molecular complexity index is 948. The average Bonchev–Trinajstić information content (AvgIpc) is 3.49. The van der Waals surface area contributed by atoms with E-state index in [4.69, 9.17) is 4.74 Å². The lowest BCUT2D eigenvalue weighted by atomic mass is 10.1. The topological polar surface area (TPSA) is 63.1 Å². The monoisotopic (exact) mass is 378 g/mol. The largest absolute Gasteiger partial charge is 0.490 e. The molecule has 1 aliphatic heterocycles. The Morgan fingerprint density at radius 3 is 2.68 bits per heavy atom. The van der Waals surface area contributed by atoms with Crippen molar-refractivity contribution in [3.63, 3.8) is 0 Å². The number of aromatic amines is 1. The molecule has 2 aromatic heterocycles. The fourth-order valence-corrected chi connectivity index (χ4v) is 4.67. The first-order valence-electron chi connectivity index (χ1n) is 10.3. The summed E-state index contributed by atoms with van der Waals surface area (Å²) in [5.41, 5.74) is 1.90. The van der Waals surface area contributed by atoms with Crippen LogP contribution in [0, 0.1) is 0 Å². The number of H-pyrrole nitrogens is 1. The Morgan fingerprint density at radius 1 is 1.11 bits per heavy atom. The number of nitrogens with one attached hydrogen (secondary N) is 1. The van der Waals surface area contributed by atoms with Crippen LogP contribution in [0.25, 0.3) is 10.9 Å². The van der Waals surface area contributed by atoms with Gasteiger partial charge in [-0.1, -0.05) is 18.9 Å². The molecule has 3 aromatic rings. The van der Waals surface area contributed by atoms with Gasteiger partial charge in [0.25, 0.3) is 5.91 Å². The number of rotatable bonds is 4. The van der Waals surface area contributed by atoms with Crippen molar-refractivity contribution in [2.24, 2.45) is 0 Å². The van der Waals surface area contributed by atoms with Crippen molar-refractivity contribution in [2.75, 3.05) is 13.1 Å². The highest BCUT2D eigenvalue weighted by atomic mass is 16.5. The Kier molecular flexibility index (Phi) is 4.55. The number of benzene rings is 1.